The van der Waals surface area contributed by atoms with Gasteiger partial charge in [-0.3, -0.25) is 0 Å². The predicted octanol–water partition coefficient (Wildman–Crippen LogP) is 1.76. The molecule has 0 atom stereocenters. The fourth-order valence-electron chi connectivity index (χ4n) is 2.45. The zero-order valence-corrected chi connectivity index (χ0v) is 17.2. The maximum atomic E-state index is 12.8. The Balaban J connectivity index is 2.38. The Hall–Kier alpha value is -1.94. The van der Waals surface area contributed by atoms with Crippen molar-refractivity contribution in [3.05, 3.63) is 48.5 Å². The van der Waals surface area contributed by atoms with Crippen molar-refractivity contribution in [3.63, 3.8) is 0 Å². The number of sulfonamides is 1. The molecule has 0 radical (unpaired) electrons. The second-order valence-corrected chi connectivity index (χ2v) is 9.87. The molecule has 0 heterocycles. The number of methoxy groups -OCH3 is 1. The van der Waals surface area contributed by atoms with Gasteiger partial charge >= 0.3 is 0 Å². The summed E-state index contributed by atoms with van der Waals surface area (Å²) in [6.07, 6.45) is 0.622. The summed E-state index contributed by atoms with van der Waals surface area (Å²) in [5.41, 5.74) is 0. The molecule has 2 aromatic rings. The van der Waals surface area contributed by atoms with Crippen LogP contribution < -0.4 is 9.46 Å². The maximum absolute atomic E-state index is 12.8. The quantitative estimate of drug-likeness (QED) is 0.631. The van der Waals surface area contributed by atoms with Gasteiger partial charge in [0.15, 0.2) is 0 Å². The van der Waals surface area contributed by atoms with E-state index in [4.69, 9.17) is 4.74 Å². The van der Waals surface area contributed by atoms with Gasteiger partial charge in [0, 0.05) is 6.54 Å². The SMILES string of the molecule is COc1ccc(S(=O)(=O)c2ccccc2)cc1S(=O)(=O)NCCCN(C)C. The summed E-state index contributed by atoms with van der Waals surface area (Å²) in [5, 5.41) is 0. The number of hydrogen-bond donors (Lipinski definition) is 1. The molecule has 0 aliphatic heterocycles. The third-order valence-electron chi connectivity index (χ3n) is 3.86. The maximum Gasteiger partial charge on any atom is 0.244 e. The van der Waals surface area contributed by atoms with E-state index in [1.54, 1.807) is 18.2 Å². The summed E-state index contributed by atoms with van der Waals surface area (Å²) >= 11 is 0. The number of benzene rings is 2. The molecule has 0 bridgehead atoms. The van der Waals surface area contributed by atoms with Gasteiger partial charge in [0.1, 0.15) is 10.6 Å². The standard InChI is InChI=1S/C18H24N2O5S2/c1-20(2)13-7-12-19-27(23,24)18-14-16(10-11-17(18)25-3)26(21,22)15-8-5-4-6-9-15/h4-6,8-11,14,19H,7,12-13H2,1-3H3. The zero-order valence-electron chi connectivity index (χ0n) is 15.5. The number of hydrogen-bond acceptors (Lipinski definition) is 6. The first-order valence-corrected chi connectivity index (χ1v) is 11.3. The van der Waals surface area contributed by atoms with Crippen LogP contribution >= 0.6 is 0 Å². The van der Waals surface area contributed by atoms with Gasteiger partial charge in [0.05, 0.1) is 16.9 Å². The molecular weight excluding hydrogens is 388 g/mol. The molecule has 0 spiro atoms. The van der Waals surface area contributed by atoms with Crippen molar-refractivity contribution in [3.8, 4) is 5.75 Å². The van der Waals surface area contributed by atoms with E-state index in [0.717, 1.165) is 12.6 Å². The van der Waals surface area contributed by atoms with Crippen LogP contribution in [0.5, 0.6) is 5.75 Å². The molecule has 0 aliphatic rings. The van der Waals surface area contributed by atoms with Gasteiger partial charge in [0.2, 0.25) is 19.9 Å². The van der Waals surface area contributed by atoms with Crippen LogP contribution in [-0.4, -0.2) is 56.0 Å². The average Bonchev–Trinajstić information content (AvgIpc) is 2.65. The van der Waals surface area contributed by atoms with Crippen LogP contribution in [0.4, 0.5) is 0 Å². The molecule has 0 aliphatic carbocycles. The summed E-state index contributed by atoms with van der Waals surface area (Å²) in [4.78, 5) is 1.73. The monoisotopic (exact) mass is 412 g/mol. The fraction of sp³-hybridized carbons (Fsp3) is 0.333. The van der Waals surface area contributed by atoms with Crippen LogP contribution in [0.3, 0.4) is 0 Å². The van der Waals surface area contributed by atoms with Crippen molar-refractivity contribution in [1.29, 1.82) is 0 Å². The second kappa shape index (κ2) is 8.83. The predicted molar refractivity (Wildman–Crippen MR) is 103 cm³/mol. The summed E-state index contributed by atoms with van der Waals surface area (Å²) < 4.78 is 58.5. The Bertz CT molecular complexity index is 972. The summed E-state index contributed by atoms with van der Waals surface area (Å²) in [7, 11) is -2.63. The van der Waals surface area contributed by atoms with E-state index in [1.807, 2.05) is 19.0 Å². The Kier molecular flexibility index (Phi) is 6.99. The van der Waals surface area contributed by atoms with Gasteiger partial charge in [-0.05, 0) is 57.4 Å². The van der Waals surface area contributed by atoms with Crippen molar-refractivity contribution in [2.24, 2.45) is 0 Å². The summed E-state index contributed by atoms with van der Waals surface area (Å²) in [6.45, 7) is 0.960. The zero-order chi connectivity index (χ0) is 20.1. The number of nitrogens with zero attached hydrogens (tertiary/aromatic N) is 1. The van der Waals surface area contributed by atoms with Crippen LogP contribution in [-0.2, 0) is 19.9 Å². The first-order chi connectivity index (χ1) is 12.7. The smallest absolute Gasteiger partial charge is 0.244 e. The fourth-order valence-corrected chi connectivity index (χ4v) is 5.10. The van der Waals surface area contributed by atoms with E-state index in [-0.39, 0.29) is 27.0 Å². The van der Waals surface area contributed by atoms with Gasteiger partial charge < -0.3 is 9.64 Å². The second-order valence-electron chi connectivity index (χ2n) is 6.18. The summed E-state index contributed by atoms with van der Waals surface area (Å²) in [5.74, 6) is 0.0853. The Morgan fingerprint density at radius 2 is 1.63 bits per heavy atom. The lowest BCUT2D eigenvalue weighted by molar-refractivity contribution is 0.397. The molecule has 0 fully saturated rings. The molecule has 2 rings (SSSR count). The minimum atomic E-state index is -3.92. The van der Waals surface area contributed by atoms with Crippen molar-refractivity contribution in [2.75, 3.05) is 34.3 Å². The molecule has 0 aromatic heterocycles. The van der Waals surface area contributed by atoms with Gasteiger partial charge in [0.25, 0.3) is 0 Å². The van der Waals surface area contributed by atoms with Crippen LogP contribution in [0.15, 0.2) is 63.2 Å². The summed E-state index contributed by atoms with van der Waals surface area (Å²) in [6, 6.07) is 11.7. The Morgan fingerprint density at radius 3 is 2.22 bits per heavy atom. The molecule has 27 heavy (non-hydrogen) atoms. The molecule has 1 N–H and O–H groups in total. The minimum Gasteiger partial charge on any atom is -0.495 e. The lowest BCUT2D eigenvalue weighted by atomic mass is 10.3. The van der Waals surface area contributed by atoms with E-state index in [0.29, 0.717) is 6.42 Å². The van der Waals surface area contributed by atoms with Crippen LogP contribution in [0.1, 0.15) is 6.42 Å². The third-order valence-corrected chi connectivity index (χ3v) is 7.11. The molecule has 148 valence electrons. The molecule has 9 heteroatoms. The highest BCUT2D eigenvalue weighted by Gasteiger charge is 2.24. The first-order valence-electron chi connectivity index (χ1n) is 8.31. The molecule has 7 nitrogen and oxygen atoms in total. The van der Waals surface area contributed by atoms with E-state index in [1.165, 1.54) is 31.4 Å². The van der Waals surface area contributed by atoms with Gasteiger partial charge in [-0.15, -0.1) is 0 Å². The number of rotatable bonds is 9. The first kappa shape index (κ1) is 21.4. The van der Waals surface area contributed by atoms with Crippen LogP contribution in [0, 0.1) is 0 Å². The van der Waals surface area contributed by atoms with Crippen molar-refractivity contribution < 1.29 is 21.6 Å². The van der Waals surface area contributed by atoms with E-state index in [9.17, 15) is 16.8 Å². The highest BCUT2D eigenvalue weighted by molar-refractivity contribution is 7.91. The molecular formula is C18H24N2O5S2. The normalized spacial score (nSPS) is 12.3. The molecule has 2 aromatic carbocycles. The number of sulfone groups is 1. The lowest BCUT2D eigenvalue weighted by Gasteiger charge is -2.14. The van der Waals surface area contributed by atoms with Crippen LogP contribution in [0.2, 0.25) is 0 Å². The minimum absolute atomic E-state index is 0.0853. The number of nitrogens with one attached hydrogen (secondary N) is 1. The highest BCUT2D eigenvalue weighted by atomic mass is 32.2. The molecule has 0 saturated heterocycles. The van der Waals surface area contributed by atoms with Gasteiger partial charge in [-0.2, -0.15) is 0 Å². The van der Waals surface area contributed by atoms with Crippen molar-refractivity contribution in [1.82, 2.24) is 9.62 Å². The van der Waals surface area contributed by atoms with E-state index >= 15 is 0 Å². The largest absolute Gasteiger partial charge is 0.495 e. The van der Waals surface area contributed by atoms with Crippen molar-refractivity contribution in [2.45, 2.75) is 21.1 Å². The van der Waals surface area contributed by atoms with Crippen molar-refractivity contribution >= 4 is 19.9 Å². The van der Waals surface area contributed by atoms with Crippen LogP contribution in [0.25, 0.3) is 0 Å². The Morgan fingerprint density at radius 1 is 0.963 bits per heavy atom. The van der Waals surface area contributed by atoms with Gasteiger partial charge in [-0.25, -0.2) is 21.6 Å². The molecule has 0 unspecified atom stereocenters. The number of ether oxygens (including phenoxy) is 1. The van der Waals surface area contributed by atoms with E-state index in [2.05, 4.69) is 4.72 Å². The Labute approximate surface area is 160 Å². The van der Waals surface area contributed by atoms with E-state index < -0.39 is 19.9 Å². The molecule has 0 saturated carbocycles. The highest BCUT2D eigenvalue weighted by Crippen LogP contribution is 2.29. The van der Waals surface area contributed by atoms with Gasteiger partial charge in [-0.1, -0.05) is 18.2 Å². The average molecular weight is 413 g/mol. The topological polar surface area (TPSA) is 92.8 Å². The third kappa shape index (κ3) is 5.29. The lowest BCUT2D eigenvalue weighted by Crippen LogP contribution is -2.27. The molecule has 0 amide bonds.